The van der Waals surface area contributed by atoms with Crippen LogP contribution in [0.5, 0.6) is 0 Å². The van der Waals surface area contributed by atoms with Crippen molar-refractivity contribution in [3.05, 3.63) is 56.8 Å². The summed E-state index contributed by atoms with van der Waals surface area (Å²) in [6, 6.07) is 0. The van der Waals surface area contributed by atoms with Gasteiger partial charge in [0.15, 0.2) is 0 Å². The van der Waals surface area contributed by atoms with Gasteiger partial charge in [-0.1, -0.05) is 30.2 Å². The standard InChI is InChI=1S/C18H22N6O3/c1-4-8-14(9-5-2)11-7-6-10-13(3)21-22-15(25)12-19-16-17(26)20-18(27)24-23-16/h1,5,7-9,11H,6,10,12H2,2-3H3,(H,19,23)(H,22,25)(H2,20,24,26,27)/b9-5?,11-7+,14-8+,21-13-. The van der Waals surface area contributed by atoms with E-state index >= 15 is 0 Å². The van der Waals surface area contributed by atoms with Crippen molar-refractivity contribution in [3.8, 4) is 12.3 Å². The molecule has 0 spiro atoms. The van der Waals surface area contributed by atoms with Gasteiger partial charge in [-0.15, -0.1) is 11.5 Å². The number of hydrazone groups is 1. The number of carbonyl (C=O) groups excluding carboxylic acids is 1. The Balaban J connectivity index is 2.41. The number of hydrogen-bond acceptors (Lipinski definition) is 6. The lowest BCUT2D eigenvalue weighted by atomic mass is 10.1. The third-order valence-electron chi connectivity index (χ3n) is 3.09. The molecule has 1 heterocycles. The minimum Gasteiger partial charge on any atom is -0.355 e. The van der Waals surface area contributed by atoms with Crippen LogP contribution < -0.4 is 22.0 Å². The molecule has 0 radical (unpaired) electrons. The van der Waals surface area contributed by atoms with Crippen molar-refractivity contribution in [2.45, 2.75) is 26.7 Å². The smallest absolute Gasteiger partial charge is 0.342 e. The number of aromatic amines is 2. The number of anilines is 1. The van der Waals surface area contributed by atoms with Crippen LogP contribution in [0.1, 0.15) is 26.7 Å². The monoisotopic (exact) mass is 370 g/mol. The minimum absolute atomic E-state index is 0.160. The maximum atomic E-state index is 11.7. The second-order valence-corrected chi connectivity index (χ2v) is 5.34. The van der Waals surface area contributed by atoms with Crippen LogP contribution in [-0.2, 0) is 4.79 Å². The minimum atomic E-state index is -0.725. The highest BCUT2D eigenvalue weighted by Gasteiger charge is 2.05. The van der Waals surface area contributed by atoms with Gasteiger partial charge < -0.3 is 5.32 Å². The molecule has 0 aliphatic rings. The van der Waals surface area contributed by atoms with Crippen LogP contribution in [0.2, 0.25) is 0 Å². The average molecular weight is 370 g/mol. The van der Waals surface area contributed by atoms with E-state index < -0.39 is 17.2 Å². The molecule has 0 atom stereocenters. The predicted octanol–water partition coefficient (Wildman–Crippen LogP) is 0.834. The first kappa shape index (κ1) is 21.4. The van der Waals surface area contributed by atoms with E-state index in [1.807, 2.05) is 36.2 Å². The van der Waals surface area contributed by atoms with Gasteiger partial charge in [0.05, 0.1) is 6.54 Å². The highest BCUT2D eigenvalue weighted by molar-refractivity contribution is 5.85. The molecule has 0 saturated carbocycles. The lowest BCUT2D eigenvalue weighted by Gasteiger charge is -2.03. The second-order valence-electron chi connectivity index (χ2n) is 5.34. The molecular formula is C18H22N6O3. The Morgan fingerprint density at radius 1 is 1.37 bits per heavy atom. The highest BCUT2D eigenvalue weighted by atomic mass is 16.2. The fraction of sp³-hybridized carbons (Fsp3) is 0.278. The quantitative estimate of drug-likeness (QED) is 0.221. The molecule has 1 amide bonds. The summed E-state index contributed by atoms with van der Waals surface area (Å²) in [5.74, 6) is 1.87. The van der Waals surface area contributed by atoms with E-state index in [4.69, 9.17) is 6.42 Å². The summed E-state index contributed by atoms with van der Waals surface area (Å²) in [4.78, 5) is 36.0. The van der Waals surface area contributed by atoms with Crippen LogP contribution in [0.4, 0.5) is 5.82 Å². The summed E-state index contributed by atoms with van der Waals surface area (Å²) in [5, 5.41) is 12.0. The van der Waals surface area contributed by atoms with Gasteiger partial charge in [0.25, 0.3) is 11.5 Å². The zero-order valence-electron chi connectivity index (χ0n) is 15.2. The fourth-order valence-corrected chi connectivity index (χ4v) is 1.84. The number of hydrogen-bond donors (Lipinski definition) is 4. The van der Waals surface area contributed by atoms with Gasteiger partial charge in [-0.3, -0.25) is 14.6 Å². The number of nitrogens with zero attached hydrogens (tertiary/aromatic N) is 2. The first-order valence-electron chi connectivity index (χ1n) is 8.16. The van der Waals surface area contributed by atoms with Crippen molar-refractivity contribution in [3.63, 3.8) is 0 Å². The van der Waals surface area contributed by atoms with Crippen molar-refractivity contribution in [2.24, 2.45) is 5.10 Å². The molecule has 0 aliphatic heterocycles. The highest BCUT2D eigenvalue weighted by Crippen LogP contribution is 2.02. The van der Waals surface area contributed by atoms with Gasteiger partial charge in [-0.2, -0.15) is 5.10 Å². The molecule has 0 unspecified atom stereocenters. The SMILES string of the molecule is C#C/C=C(C=CC)/C=C/CC/C(C)=N\NC(=O)CNc1n[nH]c(=O)[nH]c1=O. The van der Waals surface area contributed by atoms with Crippen LogP contribution in [-0.4, -0.2) is 33.3 Å². The van der Waals surface area contributed by atoms with Crippen LogP contribution in [0.25, 0.3) is 0 Å². The topological polar surface area (TPSA) is 132 Å². The molecule has 1 aromatic heterocycles. The zero-order valence-corrected chi connectivity index (χ0v) is 15.2. The van der Waals surface area contributed by atoms with Crippen LogP contribution in [0, 0.1) is 12.3 Å². The van der Waals surface area contributed by atoms with Crippen molar-refractivity contribution in [1.29, 1.82) is 0 Å². The number of terminal acetylenes is 1. The first-order valence-corrected chi connectivity index (χ1v) is 8.16. The lowest BCUT2D eigenvalue weighted by molar-refractivity contribution is -0.119. The van der Waals surface area contributed by atoms with Crippen molar-refractivity contribution < 1.29 is 4.79 Å². The molecular weight excluding hydrogens is 348 g/mol. The van der Waals surface area contributed by atoms with Gasteiger partial charge in [0.2, 0.25) is 5.82 Å². The number of H-pyrrole nitrogens is 2. The van der Waals surface area contributed by atoms with Crippen LogP contribution in [0.15, 0.2) is 50.6 Å². The zero-order chi connectivity index (χ0) is 20.1. The molecule has 9 heteroatoms. The predicted molar refractivity (Wildman–Crippen MR) is 105 cm³/mol. The number of amides is 1. The van der Waals surface area contributed by atoms with Gasteiger partial charge in [0, 0.05) is 5.71 Å². The van der Waals surface area contributed by atoms with Gasteiger partial charge in [-0.05, 0) is 38.3 Å². The Labute approximate surface area is 156 Å². The summed E-state index contributed by atoms with van der Waals surface area (Å²) in [6.07, 6.45) is 16.0. The molecule has 142 valence electrons. The molecule has 1 rings (SSSR count). The van der Waals surface area contributed by atoms with Crippen LogP contribution in [0.3, 0.4) is 0 Å². The Morgan fingerprint density at radius 2 is 2.15 bits per heavy atom. The molecule has 0 fully saturated rings. The van der Waals surface area contributed by atoms with E-state index in [1.165, 1.54) is 0 Å². The fourth-order valence-electron chi connectivity index (χ4n) is 1.84. The van der Waals surface area contributed by atoms with Crippen LogP contribution >= 0.6 is 0 Å². The van der Waals surface area contributed by atoms with Crippen molar-refractivity contribution in [1.82, 2.24) is 20.6 Å². The van der Waals surface area contributed by atoms with E-state index in [2.05, 4.69) is 32.0 Å². The Hall–Kier alpha value is -3.67. The van der Waals surface area contributed by atoms with E-state index in [9.17, 15) is 14.4 Å². The summed E-state index contributed by atoms with van der Waals surface area (Å²) >= 11 is 0. The van der Waals surface area contributed by atoms with Crippen molar-refractivity contribution in [2.75, 3.05) is 11.9 Å². The normalized spacial score (nSPS) is 12.3. The summed E-state index contributed by atoms with van der Waals surface area (Å²) in [5.41, 5.74) is 2.60. The van der Waals surface area contributed by atoms with E-state index in [0.29, 0.717) is 6.42 Å². The molecule has 4 N–H and O–H groups in total. The maximum Gasteiger partial charge on any atom is 0.342 e. The van der Waals surface area contributed by atoms with Gasteiger partial charge in [-0.25, -0.2) is 15.3 Å². The Bertz CT molecular complexity index is 912. The number of aromatic nitrogens is 3. The molecule has 9 nitrogen and oxygen atoms in total. The number of rotatable bonds is 9. The molecule has 0 saturated heterocycles. The lowest BCUT2D eigenvalue weighted by Crippen LogP contribution is -2.31. The number of allylic oxidation sites excluding steroid dienone is 6. The summed E-state index contributed by atoms with van der Waals surface area (Å²) < 4.78 is 0. The molecule has 0 bridgehead atoms. The van der Waals surface area contributed by atoms with E-state index in [0.717, 1.165) is 17.7 Å². The number of nitrogens with one attached hydrogen (secondary N) is 4. The van der Waals surface area contributed by atoms with E-state index in [-0.39, 0.29) is 12.4 Å². The third kappa shape index (κ3) is 8.83. The Morgan fingerprint density at radius 3 is 2.81 bits per heavy atom. The van der Waals surface area contributed by atoms with E-state index in [1.54, 1.807) is 13.0 Å². The molecule has 27 heavy (non-hydrogen) atoms. The third-order valence-corrected chi connectivity index (χ3v) is 3.09. The largest absolute Gasteiger partial charge is 0.355 e. The van der Waals surface area contributed by atoms with Gasteiger partial charge >= 0.3 is 5.69 Å². The number of carbonyl (C=O) groups is 1. The second kappa shape index (κ2) is 11.8. The molecule has 1 aromatic rings. The first-order chi connectivity index (χ1) is 13.0. The van der Waals surface area contributed by atoms with Crippen molar-refractivity contribution >= 4 is 17.4 Å². The molecule has 0 aliphatic carbocycles. The summed E-state index contributed by atoms with van der Waals surface area (Å²) in [7, 11) is 0. The average Bonchev–Trinajstić information content (AvgIpc) is 2.63. The Kier molecular flexibility index (Phi) is 9.35. The molecule has 0 aromatic carbocycles. The summed E-state index contributed by atoms with van der Waals surface area (Å²) in [6.45, 7) is 3.48. The maximum absolute atomic E-state index is 11.7. The van der Waals surface area contributed by atoms with Gasteiger partial charge in [0.1, 0.15) is 0 Å².